The van der Waals surface area contributed by atoms with Crippen LogP contribution in [0.4, 0.5) is 0 Å². The minimum Gasteiger partial charge on any atom is -0.340 e. The van der Waals surface area contributed by atoms with Gasteiger partial charge in [0, 0.05) is 18.6 Å². The van der Waals surface area contributed by atoms with Crippen molar-refractivity contribution in [2.24, 2.45) is 11.7 Å². The Kier molecular flexibility index (Phi) is 3.93. The van der Waals surface area contributed by atoms with E-state index in [9.17, 15) is 4.79 Å². The Morgan fingerprint density at radius 1 is 1.43 bits per heavy atom. The number of rotatable bonds is 2. The van der Waals surface area contributed by atoms with Gasteiger partial charge < -0.3 is 10.6 Å². The highest BCUT2D eigenvalue weighted by atomic mass is 16.2. The topological polar surface area (TPSA) is 46.3 Å². The standard InChI is InChI=1S/C11H22N2O/c1-8-6-4-5-7-13(8)11(14)9(2)10(3)12/h8-10H,4-7,12H2,1-3H3. The van der Waals surface area contributed by atoms with Gasteiger partial charge in [0.25, 0.3) is 0 Å². The molecule has 3 atom stereocenters. The van der Waals surface area contributed by atoms with Crippen LogP contribution in [0.5, 0.6) is 0 Å². The van der Waals surface area contributed by atoms with E-state index in [1.54, 1.807) is 0 Å². The molecule has 1 amide bonds. The van der Waals surface area contributed by atoms with Crippen LogP contribution in [0.2, 0.25) is 0 Å². The summed E-state index contributed by atoms with van der Waals surface area (Å²) < 4.78 is 0. The normalized spacial score (nSPS) is 27.1. The molecule has 0 aromatic carbocycles. The van der Waals surface area contributed by atoms with E-state index < -0.39 is 0 Å². The molecule has 1 saturated heterocycles. The number of carbonyl (C=O) groups excluding carboxylic acids is 1. The molecule has 1 rings (SSSR count). The monoisotopic (exact) mass is 198 g/mol. The molecule has 0 spiro atoms. The third-order valence-corrected chi connectivity index (χ3v) is 3.26. The highest BCUT2D eigenvalue weighted by Crippen LogP contribution is 2.19. The number of nitrogens with two attached hydrogens (primary N) is 1. The highest BCUT2D eigenvalue weighted by Gasteiger charge is 2.28. The van der Waals surface area contributed by atoms with Crippen LogP contribution in [-0.2, 0) is 4.79 Å². The van der Waals surface area contributed by atoms with E-state index in [1.165, 1.54) is 6.42 Å². The number of carbonyl (C=O) groups is 1. The summed E-state index contributed by atoms with van der Waals surface area (Å²) in [6, 6.07) is 0.356. The van der Waals surface area contributed by atoms with Gasteiger partial charge in [-0.1, -0.05) is 6.92 Å². The van der Waals surface area contributed by atoms with Crippen LogP contribution in [0, 0.1) is 5.92 Å². The SMILES string of the molecule is CC(N)C(C)C(=O)N1CCCCC1C. The van der Waals surface area contributed by atoms with Gasteiger partial charge in [0.1, 0.15) is 0 Å². The van der Waals surface area contributed by atoms with Crippen molar-refractivity contribution in [3.63, 3.8) is 0 Å². The van der Waals surface area contributed by atoms with Crippen molar-refractivity contribution in [3.8, 4) is 0 Å². The first-order valence-electron chi connectivity index (χ1n) is 5.60. The van der Waals surface area contributed by atoms with Crippen molar-refractivity contribution < 1.29 is 4.79 Å². The predicted octanol–water partition coefficient (Wildman–Crippen LogP) is 1.37. The van der Waals surface area contributed by atoms with E-state index in [0.29, 0.717) is 6.04 Å². The summed E-state index contributed by atoms with van der Waals surface area (Å²) >= 11 is 0. The molecule has 3 nitrogen and oxygen atoms in total. The summed E-state index contributed by atoms with van der Waals surface area (Å²) in [5.41, 5.74) is 5.74. The molecule has 0 saturated carbocycles. The second kappa shape index (κ2) is 4.78. The molecule has 1 heterocycles. The lowest BCUT2D eigenvalue weighted by Gasteiger charge is -2.36. The fourth-order valence-electron chi connectivity index (χ4n) is 1.91. The number of hydrogen-bond donors (Lipinski definition) is 1. The molecule has 82 valence electrons. The van der Waals surface area contributed by atoms with E-state index in [-0.39, 0.29) is 17.9 Å². The lowest BCUT2D eigenvalue weighted by molar-refractivity contribution is -0.138. The lowest BCUT2D eigenvalue weighted by atomic mass is 9.98. The maximum Gasteiger partial charge on any atom is 0.227 e. The summed E-state index contributed by atoms with van der Waals surface area (Å²) in [5.74, 6) is 0.183. The second-order valence-electron chi connectivity index (χ2n) is 4.52. The largest absolute Gasteiger partial charge is 0.340 e. The molecule has 1 aliphatic rings. The second-order valence-corrected chi connectivity index (χ2v) is 4.52. The van der Waals surface area contributed by atoms with Gasteiger partial charge in [0.2, 0.25) is 5.91 Å². The Morgan fingerprint density at radius 2 is 2.07 bits per heavy atom. The van der Waals surface area contributed by atoms with E-state index in [0.717, 1.165) is 19.4 Å². The Labute approximate surface area is 86.6 Å². The molecule has 3 unspecified atom stereocenters. The van der Waals surface area contributed by atoms with Crippen molar-refractivity contribution in [1.82, 2.24) is 4.90 Å². The number of likely N-dealkylation sites (tertiary alicyclic amines) is 1. The Bertz CT molecular complexity index is 203. The molecule has 0 aliphatic carbocycles. The molecule has 0 aromatic rings. The predicted molar refractivity (Wildman–Crippen MR) is 57.8 cm³/mol. The van der Waals surface area contributed by atoms with Gasteiger partial charge in [-0.25, -0.2) is 0 Å². The zero-order chi connectivity index (χ0) is 10.7. The summed E-state index contributed by atoms with van der Waals surface area (Å²) in [5, 5.41) is 0. The van der Waals surface area contributed by atoms with Crippen LogP contribution in [0.3, 0.4) is 0 Å². The van der Waals surface area contributed by atoms with Crippen molar-refractivity contribution in [1.29, 1.82) is 0 Å². The van der Waals surface area contributed by atoms with Gasteiger partial charge in [-0.15, -0.1) is 0 Å². The molecule has 2 N–H and O–H groups in total. The molecule has 0 bridgehead atoms. The zero-order valence-electron chi connectivity index (χ0n) is 9.49. The van der Waals surface area contributed by atoms with Crippen LogP contribution in [0.25, 0.3) is 0 Å². The molecular formula is C11H22N2O. The number of amides is 1. The van der Waals surface area contributed by atoms with Crippen molar-refractivity contribution >= 4 is 5.91 Å². The molecule has 0 aromatic heterocycles. The molecule has 0 radical (unpaired) electrons. The van der Waals surface area contributed by atoms with Gasteiger partial charge in [-0.05, 0) is 33.1 Å². The van der Waals surface area contributed by atoms with Crippen LogP contribution < -0.4 is 5.73 Å². The third kappa shape index (κ3) is 2.47. The van der Waals surface area contributed by atoms with Crippen molar-refractivity contribution in [3.05, 3.63) is 0 Å². The highest BCUT2D eigenvalue weighted by molar-refractivity contribution is 5.79. The minimum absolute atomic E-state index is 0.0448. The van der Waals surface area contributed by atoms with Gasteiger partial charge in [-0.3, -0.25) is 4.79 Å². The van der Waals surface area contributed by atoms with E-state index in [1.807, 2.05) is 18.7 Å². The minimum atomic E-state index is -0.0458. The molecule has 3 heteroatoms. The third-order valence-electron chi connectivity index (χ3n) is 3.26. The van der Waals surface area contributed by atoms with Crippen molar-refractivity contribution in [2.45, 2.75) is 52.1 Å². The van der Waals surface area contributed by atoms with Crippen LogP contribution >= 0.6 is 0 Å². The first-order valence-corrected chi connectivity index (χ1v) is 5.60. The fourth-order valence-corrected chi connectivity index (χ4v) is 1.91. The van der Waals surface area contributed by atoms with Gasteiger partial charge in [-0.2, -0.15) is 0 Å². The molecular weight excluding hydrogens is 176 g/mol. The number of hydrogen-bond acceptors (Lipinski definition) is 2. The Morgan fingerprint density at radius 3 is 2.57 bits per heavy atom. The molecule has 14 heavy (non-hydrogen) atoms. The lowest BCUT2D eigenvalue weighted by Crippen LogP contribution is -2.47. The van der Waals surface area contributed by atoms with E-state index in [2.05, 4.69) is 6.92 Å². The molecule has 1 aliphatic heterocycles. The quantitative estimate of drug-likeness (QED) is 0.728. The van der Waals surface area contributed by atoms with Crippen LogP contribution in [0.1, 0.15) is 40.0 Å². The maximum atomic E-state index is 12.0. The van der Waals surface area contributed by atoms with Gasteiger partial charge >= 0.3 is 0 Å². The Hall–Kier alpha value is -0.570. The van der Waals surface area contributed by atoms with E-state index >= 15 is 0 Å². The summed E-state index contributed by atoms with van der Waals surface area (Å²) in [4.78, 5) is 14.0. The van der Waals surface area contributed by atoms with Crippen LogP contribution in [0.15, 0.2) is 0 Å². The number of nitrogens with zero attached hydrogens (tertiary/aromatic N) is 1. The summed E-state index contributed by atoms with van der Waals surface area (Å²) in [7, 11) is 0. The Balaban J connectivity index is 2.58. The summed E-state index contributed by atoms with van der Waals surface area (Å²) in [6.45, 7) is 6.87. The summed E-state index contributed by atoms with van der Waals surface area (Å²) in [6.07, 6.45) is 3.52. The smallest absolute Gasteiger partial charge is 0.227 e. The van der Waals surface area contributed by atoms with Gasteiger partial charge in [0.15, 0.2) is 0 Å². The van der Waals surface area contributed by atoms with Gasteiger partial charge in [0.05, 0.1) is 5.92 Å². The fraction of sp³-hybridized carbons (Fsp3) is 0.909. The zero-order valence-corrected chi connectivity index (χ0v) is 9.49. The maximum absolute atomic E-state index is 12.0. The first kappa shape index (κ1) is 11.5. The van der Waals surface area contributed by atoms with Crippen LogP contribution in [-0.4, -0.2) is 29.4 Å². The van der Waals surface area contributed by atoms with Crippen molar-refractivity contribution in [2.75, 3.05) is 6.54 Å². The van der Waals surface area contributed by atoms with E-state index in [4.69, 9.17) is 5.73 Å². The first-order chi connectivity index (χ1) is 6.54. The number of piperidine rings is 1. The molecule has 1 fully saturated rings. The average molecular weight is 198 g/mol. The average Bonchev–Trinajstić information content (AvgIpc) is 2.16.